The number of nitrogens with zero attached hydrogens (tertiary/aromatic N) is 4. The minimum absolute atomic E-state index is 0.555. The summed E-state index contributed by atoms with van der Waals surface area (Å²) in [6, 6.07) is 43.5. The molecule has 0 saturated carbocycles. The maximum absolute atomic E-state index is 6.60. The normalized spacial score (nSPS) is 11.5. The van der Waals surface area contributed by atoms with Crippen LogP contribution in [-0.4, -0.2) is 15.0 Å². The third-order valence-electron chi connectivity index (χ3n) is 8.15. The molecule has 0 spiro atoms. The molecule has 0 saturated heterocycles. The first-order chi connectivity index (χ1) is 21.1. The predicted molar refractivity (Wildman–Crippen MR) is 172 cm³/mol. The van der Waals surface area contributed by atoms with E-state index in [4.69, 9.17) is 19.4 Å². The number of hydrogen-bond acceptors (Lipinski definition) is 4. The van der Waals surface area contributed by atoms with E-state index < -0.39 is 0 Å². The van der Waals surface area contributed by atoms with E-state index in [1.165, 1.54) is 5.39 Å². The second kappa shape index (κ2) is 10.00. The number of aromatic nitrogens is 4. The highest BCUT2D eigenvalue weighted by Gasteiger charge is 2.23. The summed E-state index contributed by atoms with van der Waals surface area (Å²) in [4.78, 5) is 14.9. The van der Waals surface area contributed by atoms with Crippen LogP contribution in [0.15, 0.2) is 132 Å². The molecule has 0 aliphatic carbocycles. The van der Waals surface area contributed by atoms with Gasteiger partial charge in [0.15, 0.2) is 11.4 Å². The van der Waals surface area contributed by atoms with Gasteiger partial charge in [-0.2, -0.15) is 4.57 Å². The van der Waals surface area contributed by atoms with Crippen LogP contribution < -0.4 is 4.57 Å². The second-order valence-electron chi connectivity index (χ2n) is 10.8. The standard InChI is InChI=1S/C38H27N4O/c1-24-17-19-28-29-20-21-30(37-39-31(25-11-5-3-6-12-25)23-32(40-37)26-13-7-4-8-14-26)41-38(29)43-36(28)35(24)34-22-18-27-15-9-10-16-33(27)42(34)2/h3-23H,1-2H3/q+1. The second-order valence-corrected chi connectivity index (χ2v) is 10.8. The largest absolute Gasteiger partial charge is 0.437 e. The van der Waals surface area contributed by atoms with Crippen molar-refractivity contribution in [1.29, 1.82) is 0 Å². The van der Waals surface area contributed by atoms with Crippen LogP contribution in [0.5, 0.6) is 0 Å². The van der Waals surface area contributed by atoms with Crippen molar-refractivity contribution in [1.82, 2.24) is 15.0 Å². The van der Waals surface area contributed by atoms with Crippen LogP contribution in [0.2, 0.25) is 0 Å². The van der Waals surface area contributed by atoms with Crippen LogP contribution >= 0.6 is 0 Å². The lowest BCUT2D eigenvalue weighted by Gasteiger charge is -2.08. The zero-order chi connectivity index (χ0) is 28.9. The van der Waals surface area contributed by atoms with Gasteiger partial charge in [0.2, 0.25) is 16.9 Å². The molecule has 204 valence electrons. The number of para-hydroxylation sites is 1. The number of rotatable bonds is 4. The van der Waals surface area contributed by atoms with Crippen molar-refractivity contribution in [3.05, 3.63) is 133 Å². The molecule has 0 bridgehead atoms. The van der Waals surface area contributed by atoms with E-state index in [1.54, 1.807) is 0 Å². The van der Waals surface area contributed by atoms with Gasteiger partial charge in [-0.25, -0.2) is 15.0 Å². The van der Waals surface area contributed by atoms with Gasteiger partial charge in [0.1, 0.15) is 12.7 Å². The van der Waals surface area contributed by atoms with Crippen molar-refractivity contribution in [3.63, 3.8) is 0 Å². The lowest BCUT2D eigenvalue weighted by atomic mass is 10.00. The van der Waals surface area contributed by atoms with Crippen molar-refractivity contribution in [3.8, 4) is 45.3 Å². The molecule has 4 heterocycles. The molecule has 0 radical (unpaired) electrons. The Bertz CT molecular complexity index is 2250. The van der Waals surface area contributed by atoms with E-state index in [9.17, 15) is 0 Å². The van der Waals surface area contributed by atoms with Gasteiger partial charge in [-0.05, 0) is 42.8 Å². The van der Waals surface area contributed by atoms with Crippen LogP contribution in [-0.2, 0) is 7.05 Å². The maximum atomic E-state index is 6.60. The fourth-order valence-electron chi connectivity index (χ4n) is 5.93. The van der Waals surface area contributed by atoms with Crippen molar-refractivity contribution < 1.29 is 8.98 Å². The van der Waals surface area contributed by atoms with Gasteiger partial charge in [-0.3, -0.25) is 0 Å². The first-order valence-electron chi connectivity index (χ1n) is 14.4. The Balaban J connectivity index is 1.32. The fourth-order valence-corrected chi connectivity index (χ4v) is 5.93. The molecule has 8 aromatic rings. The smallest absolute Gasteiger partial charge is 0.228 e. The number of fused-ring (bicyclic) bond motifs is 4. The lowest BCUT2D eigenvalue weighted by Crippen LogP contribution is -2.32. The van der Waals surface area contributed by atoms with Gasteiger partial charge >= 0.3 is 0 Å². The van der Waals surface area contributed by atoms with Gasteiger partial charge in [0.05, 0.1) is 17.0 Å². The van der Waals surface area contributed by atoms with Crippen molar-refractivity contribution in [2.75, 3.05) is 0 Å². The number of aryl methyl sites for hydroxylation is 2. The van der Waals surface area contributed by atoms with E-state index in [2.05, 4.69) is 97.4 Å². The minimum atomic E-state index is 0.555. The zero-order valence-electron chi connectivity index (χ0n) is 23.8. The van der Waals surface area contributed by atoms with Crippen LogP contribution in [0.3, 0.4) is 0 Å². The number of furan rings is 1. The average Bonchev–Trinajstić information content (AvgIpc) is 3.44. The maximum Gasteiger partial charge on any atom is 0.228 e. The molecule has 5 nitrogen and oxygen atoms in total. The Kier molecular flexibility index (Phi) is 5.83. The Labute approximate surface area is 248 Å². The summed E-state index contributed by atoms with van der Waals surface area (Å²) in [6.45, 7) is 2.13. The number of hydrogen-bond donors (Lipinski definition) is 0. The molecule has 0 atom stereocenters. The highest BCUT2D eigenvalue weighted by molar-refractivity contribution is 6.09. The number of benzene rings is 4. The molecule has 0 fully saturated rings. The van der Waals surface area contributed by atoms with E-state index >= 15 is 0 Å². The van der Waals surface area contributed by atoms with Crippen LogP contribution in [0.25, 0.3) is 78.3 Å². The van der Waals surface area contributed by atoms with E-state index in [-0.39, 0.29) is 0 Å². The molecule has 4 aromatic heterocycles. The quantitative estimate of drug-likeness (QED) is 0.204. The average molecular weight is 556 g/mol. The number of pyridine rings is 2. The van der Waals surface area contributed by atoms with E-state index in [0.717, 1.165) is 61.2 Å². The molecule has 0 amide bonds. The minimum Gasteiger partial charge on any atom is -0.437 e. The molecular formula is C38H27N4O+. The highest BCUT2D eigenvalue weighted by atomic mass is 16.3. The Morgan fingerprint density at radius 1 is 0.581 bits per heavy atom. The van der Waals surface area contributed by atoms with Crippen LogP contribution in [0.4, 0.5) is 0 Å². The van der Waals surface area contributed by atoms with Crippen LogP contribution in [0, 0.1) is 6.92 Å². The first-order valence-corrected chi connectivity index (χ1v) is 14.4. The van der Waals surface area contributed by atoms with E-state index in [0.29, 0.717) is 17.2 Å². The van der Waals surface area contributed by atoms with Crippen LogP contribution in [0.1, 0.15) is 5.56 Å². The molecule has 0 unspecified atom stereocenters. The molecule has 0 N–H and O–H groups in total. The van der Waals surface area contributed by atoms with Gasteiger partial charge in [0.25, 0.3) is 0 Å². The summed E-state index contributed by atoms with van der Waals surface area (Å²) < 4.78 is 8.83. The summed E-state index contributed by atoms with van der Waals surface area (Å²) in [5.74, 6) is 0.555. The third-order valence-corrected chi connectivity index (χ3v) is 8.15. The Morgan fingerprint density at radius 3 is 1.95 bits per heavy atom. The van der Waals surface area contributed by atoms with Gasteiger partial charge in [-0.15, -0.1) is 0 Å². The fraction of sp³-hybridized carbons (Fsp3) is 0.0526. The summed E-state index contributed by atoms with van der Waals surface area (Å²) in [5, 5.41) is 3.19. The molecule has 4 aromatic carbocycles. The molecule has 43 heavy (non-hydrogen) atoms. The Hall–Kier alpha value is -5.68. The topological polar surface area (TPSA) is 55.7 Å². The molecule has 8 rings (SSSR count). The SMILES string of the molecule is Cc1ccc2c(oc3nc(-c4nc(-c5ccccc5)cc(-c5ccccc5)n4)ccc32)c1-c1ccc2ccccc2[n+]1C. The van der Waals surface area contributed by atoms with Crippen molar-refractivity contribution in [2.45, 2.75) is 6.92 Å². The van der Waals surface area contributed by atoms with Gasteiger partial charge < -0.3 is 4.42 Å². The summed E-state index contributed by atoms with van der Waals surface area (Å²) in [6.07, 6.45) is 0. The van der Waals surface area contributed by atoms with Gasteiger partial charge in [0, 0.05) is 39.4 Å². The zero-order valence-corrected chi connectivity index (χ0v) is 23.8. The predicted octanol–water partition coefficient (Wildman–Crippen LogP) is 8.73. The molecule has 5 heteroatoms. The summed E-state index contributed by atoms with van der Waals surface area (Å²) >= 11 is 0. The highest BCUT2D eigenvalue weighted by Crippen LogP contribution is 2.37. The summed E-state index contributed by atoms with van der Waals surface area (Å²) in [5.41, 5.74) is 10.3. The third kappa shape index (κ3) is 4.25. The molecule has 0 aliphatic heterocycles. The van der Waals surface area contributed by atoms with E-state index in [1.807, 2.05) is 48.5 Å². The molecular weight excluding hydrogens is 528 g/mol. The van der Waals surface area contributed by atoms with Crippen molar-refractivity contribution >= 4 is 33.0 Å². The summed E-state index contributed by atoms with van der Waals surface area (Å²) in [7, 11) is 2.11. The van der Waals surface area contributed by atoms with Crippen molar-refractivity contribution in [2.24, 2.45) is 7.05 Å². The lowest BCUT2D eigenvalue weighted by molar-refractivity contribution is -0.633. The Morgan fingerprint density at radius 2 is 1.23 bits per heavy atom. The first kappa shape index (κ1) is 25.1. The van der Waals surface area contributed by atoms with Gasteiger partial charge in [-0.1, -0.05) is 84.9 Å². The monoisotopic (exact) mass is 555 g/mol. The molecule has 0 aliphatic rings.